The van der Waals surface area contributed by atoms with Gasteiger partial charge in [-0.15, -0.1) is 0 Å². The highest BCUT2D eigenvalue weighted by Gasteiger charge is 2.24. The number of fused-ring (bicyclic) bond motifs is 4. The van der Waals surface area contributed by atoms with Gasteiger partial charge in [0.25, 0.3) is 0 Å². The smallest absolute Gasteiger partial charge is 0.329 e. The van der Waals surface area contributed by atoms with E-state index in [9.17, 15) is 14.4 Å². The third-order valence-corrected chi connectivity index (χ3v) is 6.50. The molecule has 1 aliphatic heterocycles. The molecule has 0 fully saturated rings. The van der Waals surface area contributed by atoms with Gasteiger partial charge in [-0.2, -0.15) is 0 Å². The van der Waals surface area contributed by atoms with Crippen LogP contribution in [0.25, 0.3) is 21.8 Å². The van der Waals surface area contributed by atoms with Crippen molar-refractivity contribution in [2.45, 2.75) is 20.4 Å². The number of ketones is 2. The molecule has 1 N–H and O–H groups in total. The lowest BCUT2D eigenvalue weighted by Crippen LogP contribution is -2.23. The number of ether oxygens (including phenoxy) is 1. The lowest BCUT2D eigenvalue weighted by atomic mass is 10.00. The van der Waals surface area contributed by atoms with Crippen LogP contribution in [-0.2, 0) is 16.2 Å². The number of allylic oxidation sites excluding steroid dienone is 1. The Hall–Kier alpha value is -3.91. The molecule has 35 heavy (non-hydrogen) atoms. The van der Waals surface area contributed by atoms with Crippen LogP contribution in [0.4, 0.5) is 0 Å². The highest BCUT2D eigenvalue weighted by molar-refractivity contribution is 9.10. The number of benzene rings is 3. The van der Waals surface area contributed by atoms with Gasteiger partial charge in [0.1, 0.15) is 18.1 Å². The Morgan fingerprint density at radius 2 is 1.74 bits per heavy atom. The van der Waals surface area contributed by atoms with Crippen LogP contribution in [0.2, 0.25) is 0 Å². The molecule has 0 unspecified atom stereocenters. The number of rotatable bonds is 5. The lowest BCUT2D eigenvalue weighted by Gasteiger charge is -2.10. The van der Waals surface area contributed by atoms with Gasteiger partial charge in [-0.1, -0.05) is 15.9 Å². The molecule has 0 bridgehead atoms. The Balaban J connectivity index is 1.65. The number of Topliss-reactive ketones (excluding diaryl/α,β-unsaturated/α-hetero) is 1. The van der Waals surface area contributed by atoms with E-state index in [1.54, 1.807) is 18.2 Å². The predicted molar refractivity (Wildman–Crippen MR) is 136 cm³/mol. The van der Waals surface area contributed by atoms with Crippen molar-refractivity contribution in [2.75, 3.05) is 6.61 Å². The van der Waals surface area contributed by atoms with E-state index in [0.717, 1.165) is 26.3 Å². The third kappa shape index (κ3) is 4.10. The second-order valence-electron chi connectivity index (χ2n) is 8.13. The molecule has 0 radical (unpaired) electrons. The van der Waals surface area contributed by atoms with Crippen LogP contribution in [0.15, 0.2) is 70.8 Å². The van der Waals surface area contributed by atoms with Crippen LogP contribution < -0.4 is 10.2 Å². The van der Waals surface area contributed by atoms with E-state index in [1.807, 2.05) is 43.3 Å². The number of carbonyl (C=O) groups is 3. The van der Waals surface area contributed by atoms with Crippen molar-refractivity contribution in [1.82, 2.24) is 10.0 Å². The first kappa shape index (κ1) is 22.9. The molecule has 8 heteroatoms. The molecule has 176 valence electrons. The van der Waals surface area contributed by atoms with E-state index in [0.29, 0.717) is 29.0 Å². The maximum Gasteiger partial charge on any atom is 0.329 e. The molecule has 7 nitrogen and oxygen atoms in total. The van der Waals surface area contributed by atoms with Crippen molar-refractivity contribution in [1.29, 1.82) is 0 Å². The summed E-state index contributed by atoms with van der Waals surface area (Å²) in [6.45, 7) is 4.13. The monoisotopic (exact) mass is 532 g/mol. The zero-order valence-electron chi connectivity index (χ0n) is 19.1. The van der Waals surface area contributed by atoms with Crippen LogP contribution in [-0.4, -0.2) is 28.7 Å². The van der Waals surface area contributed by atoms with E-state index in [4.69, 9.17) is 9.57 Å². The maximum atomic E-state index is 13.2. The number of carbonyl (C=O) groups excluding carboxylic acids is 3. The van der Waals surface area contributed by atoms with Gasteiger partial charge in [0.2, 0.25) is 5.78 Å². The third-order valence-electron chi connectivity index (χ3n) is 5.97. The van der Waals surface area contributed by atoms with E-state index < -0.39 is 5.97 Å². The molecule has 0 aliphatic carbocycles. The van der Waals surface area contributed by atoms with Gasteiger partial charge in [0.05, 0.1) is 11.1 Å². The van der Waals surface area contributed by atoms with E-state index in [-0.39, 0.29) is 23.9 Å². The van der Waals surface area contributed by atoms with Crippen LogP contribution in [0.1, 0.15) is 40.1 Å². The van der Waals surface area contributed by atoms with Gasteiger partial charge >= 0.3 is 5.97 Å². The van der Waals surface area contributed by atoms with Gasteiger partial charge in [-0.3, -0.25) is 14.4 Å². The minimum atomic E-state index is -0.562. The SMILES string of the molecule is CCn1c2ccc(C(=O)c3ccc(Br)cc3)cc2c2cc3c(cc21)OCC=C(NOC(C)=O)C3=O. The van der Waals surface area contributed by atoms with Crippen LogP contribution in [0.5, 0.6) is 5.75 Å². The molecule has 0 saturated carbocycles. The minimum absolute atomic E-state index is 0.0817. The fourth-order valence-corrected chi connectivity index (χ4v) is 4.60. The first-order valence-corrected chi connectivity index (χ1v) is 11.9. The number of aromatic nitrogens is 1. The molecule has 1 aromatic heterocycles. The van der Waals surface area contributed by atoms with E-state index in [1.165, 1.54) is 13.0 Å². The lowest BCUT2D eigenvalue weighted by molar-refractivity contribution is -0.146. The number of hydrogen-bond acceptors (Lipinski definition) is 6. The fourth-order valence-electron chi connectivity index (χ4n) is 4.34. The number of halogens is 1. The van der Waals surface area contributed by atoms with Crippen molar-refractivity contribution in [3.8, 4) is 5.75 Å². The van der Waals surface area contributed by atoms with Crippen molar-refractivity contribution in [3.63, 3.8) is 0 Å². The van der Waals surface area contributed by atoms with Crippen LogP contribution in [0, 0.1) is 0 Å². The predicted octanol–water partition coefficient (Wildman–Crippen LogP) is 5.33. The first-order chi connectivity index (χ1) is 16.9. The molecule has 4 aromatic rings. The van der Waals surface area contributed by atoms with E-state index >= 15 is 0 Å². The largest absolute Gasteiger partial charge is 0.489 e. The fraction of sp³-hybridized carbons (Fsp3) is 0.148. The summed E-state index contributed by atoms with van der Waals surface area (Å²) in [5, 5.41) is 1.69. The van der Waals surface area contributed by atoms with Crippen molar-refractivity contribution < 1.29 is 24.0 Å². The van der Waals surface area contributed by atoms with Gasteiger partial charge in [-0.25, -0.2) is 5.48 Å². The second-order valence-corrected chi connectivity index (χ2v) is 9.05. The minimum Gasteiger partial charge on any atom is -0.489 e. The van der Waals surface area contributed by atoms with Crippen LogP contribution in [0.3, 0.4) is 0 Å². The molecule has 0 spiro atoms. The number of hydroxylamine groups is 1. The normalized spacial score (nSPS) is 13.1. The van der Waals surface area contributed by atoms with E-state index in [2.05, 4.69) is 26.0 Å². The zero-order chi connectivity index (χ0) is 24.7. The quantitative estimate of drug-likeness (QED) is 0.276. The van der Waals surface area contributed by atoms with Gasteiger partial charge < -0.3 is 14.1 Å². The molecular formula is C27H21BrN2O5. The number of nitrogens with one attached hydrogen (secondary N) is 1. The average Bonchev–Trinajstić information content (AvgIpc) is 3.07. The molecule has 0 amide bonds. The summed E-state index contributed by atoms with van der Waals surface area (Å²) >= 11 is 3.40. The topological polar surface area (TPSA) is 86.6 Å². The molecule has 5 rings (SSSR count). The summed E-state index contributed by atoms with van der Waals surface area (Å²) in [7, 11) is 0. The summed E-state index contributed by atoms with van der Waals surface area (Å²) < 4.78 is 8.87. The Morgan fingerprint density at radius 1 is 1.03 bits per heavy atom. The van der Waals surface area contributed by atoms with Gasteiger partial charge in [-0.05, 0) is 61.5 Å². The summed E-state index contributed by atoms with van der Waals surface area (Å²) in [5.41, 5.74) is 5.91. The number of hydrogen-bond donors (Lipinski definition) is 1. The van der Waals surface area contributed by atoms with Gasteiger partial charge in [0.15, 0.2) is 5.78 Å². The van der Waals surface area contributed by atoms with Crippen molar-refractivity contribution >= 4 is 55.3 Å². The molecule has 0 atom stereocenters. The molecule has 2 heterocycles. The Bertz CT molecular complexity index is 1550. The number of nitrogens with zero attached hydrogens (tertiary/aromatic N) is 1. The van der Waals surface area contributed by atoms with Crippen molar-refractivity contribution in [3.05, 3.63) is 87.5 Å². The Labute approximate surface area is 209 Å². The Kier molecular flexibility index (Phi) is 5.90. The molecule has 3 aromatic carbocycles. The molecular weight excluding hydrogens is 512 g/mol. The molecule has 1 aliphatic rings. The standard InChI is InChI=1S/C27H21BrN2O5/c1-3-30-23-9-6-17(26(32)16-4-7-18(28)8-5-16)12-19(23)20-13-21-25(14-24(20)30)34-11-10-22(27(21)33)29-35-15(2)31/h4-10,12-14,29H,3,11H2,1-2H3. The zero-order valence-corrected chi connectivity index (χ0v) is 20.6. The summed E-state index contributed by atoms with van der Waals surface area (Å²) in [6, 6.07) is 16.5. The highest BCUT2D eigenvalue weighted by Crippen LogP contribution is 2.36. The average molecular weight is 533 g/mol. The summed E-state index contributed by atoms with van der Waals surface area (Å²) in [4.78, 5) is 42.4. The van der Waals surface area contributed by atoms with Crippen molar-refractivity contribution in [2.24, 2.45) is 0 Å². The second kappa shape index (κ2) is 9.03. The Morgan fingerprint density at radius 3 is 2.46 bits per heavy atom. The first-order valence-electron chi connectivity index (χ1n) is 11.1. The maximum absolute atomic E-state index is 13.2. The summed E-state index contributed by atoms with van der Waals surface area (Å²) in [6.07, 6.45) is 1.54. The molecule has 0 saturated heterocycles. The summed E-state index contributed by atoms with van der Waals surface area (Å²) in [5.74, 6) is -0.544. The van der Waals surface area contributed by atoms with Gasteiger partial charge in [0, 0.05) is 51.4 Å². The highest BCUT2D eigenvalue weighted by atomic mass is 79.9. The number of aryl methyl sites for hydroxylation is 1. The van der Waals surface area contributed by atoms with Crippen LogP contribution >= 0.6 is 15.9 Å².